The summed E-state index contributed by atoms with van der Waals surface area (Å²) < 4.78 is 0. The highest BCUT2D eigenvalue weighted by atomic mass is 35.5. The average Bonchev–Trinajstić information content (AvgIpc) is 2.06. The Kier molecular flexibility index (Phi) is 4.04. The van der Waals surface area contributed by atoms with E-state index in [0.717, 1.165) is 28.5 Å². The fraction of sp³-hybridized carbons (Fsp3) is 0.400. The zero-order valence-corrected chi connectivity index (χ0v) is 9.07. The van der Waals surface area contributed by atoms with Gasteiger partial charge in [0, 0.05) is 16.1 Å². The van der Waals surface area contributed by atoms with Crippen molar-refractivity contribution in [2.24, 2.45) is 5.73 Å². The minimum absolute atomic E-state index is 0.204. The number of hydrogen-bond acceptors (Lipinski definition) is 1. The van der Waals surface area contributed by atoms with Gasteiger partial charge in [-0.3, -0.25) is 0 Å². The molecule has 0 unspecified atom stereocenters. The van der Waals surface area contributed by atoms with Gasteiger partial charge in [-0.2, -0.15) is 0 Å². The first kappa shape index (κ1) is 10.8. The van der Waals surface area contributed by atoms with E-state index in [9.17, 15) is 0 Å². The van der Waals surface area contributed by atoms with E-state index in [4.69, 9.17) is 28.9 Å². The van der Waals surface area contributed by atoms with Gasteiger partial charge < -0.3 is 5.73 Å². The highest BCUT2D eigenvalue weighted by molar-refractivity contribution is 6.33. The normalized spacial score (nSPS) is 12.9. The Bertz CT molecular complexity index is 284. The number of halogens is 2. The zero-order valence-electron chi connectivity index (χ0n) is 7.56. The summed E-state index contributed by atoms with van der Waals surface area (Å²) in [4.78, 5) is 0. The monoisotopic (exact) mass is 217 g/mol. The molecule has 0 aliphatic rings. The second-order valence-electron chi connectivity index (χ2n) is 3.25. The largest absolute Gasteiger partial charge is 0.328 e. The SMILES string of the molecule is C[C@H](N)CCc1cc(Cl)ccc1Cl. The fourth-order valence-corrected chi connectivity index (χ4v) is 1.52. The number of benzene rings is 1. The first-order valence-electron chi connectivity index (χ1n) is 4.29. The standard InChI is InChI=1S/C10H13Cl2N/c1-7(13)2-3-8-6-9(11)4-5-10(8)12/h4-7H,2-3,13H2,1H3/t7-/m0/s1. The van der Waals surface area contributed by atoms with E-state index >= 15 is 0 Å². The van der Waals surface area contributed by atoms with E-state index in [-0.39, 0.29) is 6.04 Å². The van der Waals surface area contributed by atoms with Gasteiger partial charge in [0.2, 0.25) is 0 Å². The third kappa shape index (κ3) is 3.55. The number of nitrogens with two attached hydrogens (primary N) is 1. The summed E-state index contributed by atoms with van der Waals surface area (Å²) in [5, 5.41) is 1.49. The molecule has 0 bridgehead atoms. The molecule has 0 radical (unpaired) electrons. The number of rotatable bonds is 3. The molecule has 0 saturated heterocycles. The molecule has 1 nitrogen and oxygen atoms in total. The smallest absolute Gasteiger partial charge is 0.0439 e. The van der Waals surface area contributed by atoms with E-state index in [2.05, 4.69) is 0 Å². The second-order valence-corrected chi connectivity index (χ2v) is 4.10. The fourth-order valence-electron chi connectivity index (χ4n) is 1.12. The molecule has 0 amide bonds. The molecule has 0 spiro atoms. The van der Waals surface area contributed by atoms with Crippen molar-refractivity contribution in [3.05, 3.63) is 33.8 Å². The van der Waals surface area contributed by atoms with E-state index in [1.165, 1.54) is 0 Å². The van der Waals surface area contributed by atoms with Crippen LogP contribution in [0.3, 0.4) is 0 Å². The Labute approximate surface area is 88.8 Å². The van der Waals surface area contributed by atoms with Crippen LogP contribution in [0.15, 0.2) is 18.2 Å². The Hall–Kier alpha value is -0.240. The molecule has 2 N–H and O–H groups in total. The summed E-state index contributed by atoms with van der Waals surface area (Å²) in [7, 11) is 0. The van der Waals surface area contributed by atoms with Gasteiger partial charge in [-0.1, -0.05) is 23.2 Å². The van der Waals surface area contributed by atoms with Crippen molar-refractivity contribution in [1.29, 1.82) is 0 Å². The second kappa shape index (κ2) is 4.85. The summed E-state index contributed by atoms with van der Waals surface area (Å²) >= 11 is 11.8. The Morgan fingerprint density at radius 1 is 1.38 bits per heavy atom. The summed E-state index contributed by atoms with van der Waals surface area (Å²) in [5.41, 5.74) is 6.73. The highest BCUT2D eigenvalue weighted by Crippen LogP contribution is 2.21. The van der Waals surface area contributed by atoms with E-state index in [1.807, 2.05) is 19.1 Å². The van der Waals surface area contributed by atoms with Crippen LogP contribution in [0.2, 0.25) is 10.0 Å². The molecule has 0 aliphatic heterocycles. The van der Waals surface area contributed by atoms with E-state index < -0.39 is 0 Å². The van der Waals surface area contributed by atoms with Crippen LogP contribution in [0.4, 0.5) is 0 Å². The van der Waals surface area contributed by atoms with Gasteiger partial charge in [0.25, 0.3) is 0 Å². The maximum absolute atomic E-state index is 5.98. The lowest BCUT2D eigenvalue weighted by Crippen LogP contribution is -2.15. The molecule has 1 aromatic rings. The molecule has 72 valence electrons. The Morgan fingerprint density at radius 2 is 2.08 bits per heavy atom. The van der Waals surface area contributed by atoms with Crippen LogP contribution >= 0.6 is 23.2 Å². The molecule has 0 aromatic heterocycles. The van der Waals surface area contributed by atoms with Crippen molar-refractivity contribution < 1.29 is 0 Å². The van der Waals surface area contributed by atoms with Crippen molar-refractivity contribution in [2.75, 3.05) is 0 Å². The molecule has 0 heterocycles. The van der Waals surface area contributed by atoms with Crippen LogP contribution in [-0.2, 0) is 6.42 Å². The average molecular weight is 218 g/mol. The molecule has 1 rings (SSSR count). The maximum Gasteiger partial charge on any atom is 0.0439 e. The van der Waals surface area contributed by atoms with Gasteiger partial charge in [-0.05, 0) is 43.5 Å². The van der Waals surface area contributed by atoms with Gasteiger partial charge in [0.05, 0.1) is 0 Å². The Morgan fingerprint density at radius 3 is 2.69 bits per heavy atom. The van der Waals surface area contributed by atoms with Gasteiger partial charge in [-0.15, -0.1) is 0 Å². The van der Waals surface area contributed by atoms with Crippen LogP contribution < -0.4 is 5.73 Å². The van der Waals surface area contributed by atoms with Crippen LogP contribution in [0.5, 0.6) is 0 Å². The van der Waals surface area contributed by atoms with E-state index in [0.29, 0.717) is 0 Å². The van der Waals surface area contributed by atoms with Crippen LogP contribution in [0.1, 0.15) is 18.9 Å². The first-order chi connectivity index (χ1) is 6.09. The van der Waals surface area contributed by atoms with E-state index in [1.54, 1.807) is 6.07 Å². The van der Waals surface area contributed by atoms with Gasteiger partial charge >= 0.3 is 0 Å². The predicted octanol–water partition coefficient (Wildman–Crippen LogP) is 3.27. The topological polar surface area (TPSA) is 26.0 Å². The summed E-state index contributed by atoms with van der Waals surface area (Å²) in [6.45, 7) is 1.98. The number of hydrogen-bond donors (Lipinski definition) is 1. The van der Waals surface area contributed by atoms with Gasteiger partial charge in [0.15, 0.2) is 0 Å². The quantitative estimate of drug-likeness (QED) is 0.827. The predicted molar refractivity (Wildman–Crippen MR) is 58.4 cm³/mol. The lowest BCUT2D eigenvalue weighted by molar-refractivity contribution is 0.666. The third-order valence-electron chi connectivity index (χ3n) is 1.88. The lowest BCUT2D eigenvalue weighted by atomic mass is 10.1. The number of aryl methyl sites for hydroxylation is 1. The molecule has 1 atom stereocenters. The van der Waals surface area contributed by atoms with Crippen molar-refractivity contribution >= 4 is 23.2 Å². The molecule has 13 heavy (non-hydrogen) atoms. The summed E-state index contributed by atoms with van der Waals surface area (Å²) in [6, 6.07) is 5.71. The summed E-state index contributed by atoms with van der Waals surface area (Å²) in [6.07, 6.45) is 1.82. The summed E-state index contributed by atoms with van der Waals surface area (Å²) in [5.74, 6) is 0. The zero-order chi connectivity index (χ0) is 9.84. The van der Waals surface area contributed by atoms with Gasteiger partial charge in [-0.25, -0.2) is 0 Å². The van der Waals surface area contributed by atoms with Crippen LogP contribution in [0.25, 0.3) is 0 Å². The molecule has 1 aromatic carbocycles. The van der Waals surface area contributed by atoms with Crippen molar-refractivity contribution in [3.8, 4) is 0 Å². The van der Waals surface area contributed by atoms with Crippen LogP contribution in [0, 0.1) is 0 Å². The maximum atomic E-state index is 5.98. The van der Waals surface area contributed by atoms with Crippen molar-refractivity contribution in [1.82, 2.24) is 0 Å². The van der Waals surface area contributed by atoms with Crippen LogP contribution in [-0.4, -0.2) is 6.04 Å². The molecular formula is C10H13Cl2N. The molecule has 0 saturated carbocycles. The minimum Gasteiger partial charge on any atom is -0.328 e. The lowest BCUT2D eigenvalue weighted by Gasteiger charge is -2.06. The van der Waals surface area contributed by atoms with Crippen molar-refractivity contribution in [2.45, 2.75) is 25.8 Å². The third-order valence-corrected chi connectivity index (χ3v) is 2.48. The molecule has 0 aliphatic carbocycles. The molecule has 0 fully saturated rings. The Balaban J connectivity index is 2.70. The first-order valence-corrected chi connectivity index (χ1v) is 5.04. The van der Waals surface area contributed by atoms with Gasteiger partial charge in [0.1, 0.15) is 0 Å². The highest BCUT2D eigenvalue weighted by Gasteiger charge is 2.02. The van der Waals surface area contributed by atoms with Crippen molar-refractivity contribution in [3.63, 3.8) is 0 Å². The molecule has 3 heteroatoms. The minimum atomic E-state index is 0.204. The molecular weight excluding hydrogens is 205 g/mol.